The van der Waals surface area contributed by atoms with Crippen LogP contribution in [0.5, 0.6) is 6.01 Å². The van der Waals surface area contributed by atoms with Gasteiger partial charge >= 0.3 is 6.01 Å². The minimum Gasteiger partial charge on any atom is -0.463 e. The number of unbranched alkanes of at least 4 members (excludes halogenated alkanes) is 1. The molecule has 0 saturated carbocycles. The van der Waals surface area contributed by atoms with Gasteiger partial charge in [-0.1, -0.05) is 25.5 Å². The second-order valence-electron chi connectivity index (χ2n) is 7.54. The normalized spacial score (nSPS) is 14.7. The summed E-state index contributed by atoms with van der Waals surface area (Å²) < 4.78 is 21.9. The highest BCUT2D eigenvalue weighted by Gasteiger charge is 2.16. The van der Waals surface area contributed by atoms with Crippen LogP contribution in [0, 0.1) is 5.82 Å². The Balaban J connectivity index is 1.53. The van der Waals surface area contributed by atoms with Crippen LogP contribution in [0.15, 0.2) is 24.4 Å². The van der Waals surface area contributed by atoms with Gasteiger partial charge in [-0.25, -0.2) is 9.07 Å². The molecular formula is C21H27FN6O. The summed E-state index contributed by atoms with van der Waals surface area (Å²) >= 11 is 0. The summed E-state index contributed by atoms with van der Waals surface area (Å²) in [5.41, 5.74) is 8.19. The molecule has 8 heteroatoms. The molecule has 0 amide bonds. The number of ether oxygens (including phenoxy) is 1. The van der Waals surface area contributed by atoms with E-state index in [4.69, 9.17) is 10.5 Å². The largest absolute Gasteiger partial charge is 0.463 e. The van der Waals surface area contributed by atoms with Crippen molar-refractivity contribution in [2.45, 2.75) is 45.7 Å². The maximum atomic E-state index is 14.6. The van der Waals surface area contributed by atoms with Crippen molar-refractivity contribution in [1.29, 1.82) is 0 Å². The van der Waals surface area contributed by atoms with Crippen LogP contribution in [0.25, 0.3) is 11.0 Å². The number of likely N-dealkylation sites (tertiary alicyclic amines) is 1. The fraction of sp³-hybridized carbons (Fsp3) is 0.476. The van der Waals surface area contributed by atoms with E-state index in [1.807, 2.05) is 12.1 Å². The van der Waals surface area contributed by atoms with Gasteiger partial charge in [0, 0.05) is 12.1 Å². The first kappa shape index (κ1) is 19.6. The molecule has 4 rings (SSSR count). The summed E-state index contributed by atoms with van der Waals surface area (Å²) in [4.78, 5) is 10.9. The zero-order chi connectivity index (χ0) is 20.2. The average molecular weight is 398 g/mol. The molecule has 7 nitrogen and oxygen atoms in total. The summed E-state index contributed by atoms with van der Waals surface area (Å²) in [5, 5.41) is 5.04. The number of aromatic nitrogens is 4. The second kappa shape index (κ2) is 8.73. The molecule has 0 bridgehead atoms. The van der Waals surface area contributed by atoms with Gasteiger partial charge in [-0.15, -0.1) is 0 Å². The lowest BCUT2D eigenvalue weighted by Gasteiger charge is -2.15. The van der Waals surface area contributed by atoms with Crippen LogP contribution in [-0.4, -0.2) is 44.3 Å². The van der Waals surface area contributed by atoms with Crippen molar-refractivity contribution in [1.82, 2.24) is 24.6 Å². The van der Waals surface area contributed by atoms with E-state index < -0.39 is 0 Å². The van der Waals surface area contributed by atoms with Crippen LogP contribution < -0.4 is 10.5 Å². The van der Waals surface area contributed by atoms with E-state index in [9.17, 15) is 4.39 Å². The Hall–Kier alpha value is -2.74. The quantitative estimate of drug-likeness (QED) is 0.586. The summed E-state index contributed by atoms with van der Waals surface area (Å²) in [6.07, 6.45) is 5.97. The fourth-order valence-electron chi connectivity index (χ4n) is 3.62. The highest BCUT2D eigenvalue weighted by molar-refractivity contribution is 5.85. The Bertz CT molecular complexity index is 983. The lowest BCUT2D eigenvalue weighted by molar-refractivity contribution is 0.286. The number of nitrogen functional groups attached to an aromatic ring is 1. The van der Waals surface area contributed by atoms with Gasteiger partial charge in [0.15, 0.2) is 5.65 Å². The zero-order valence-corrected chi connectivity index (χ0v) is 16.8. The van der Waals surface area contributed by atoms with Crippen molar-refractivity contribution in [3.8, 4) is 6.01 Å². The number of nitrogens with two attached hydrogens (primary N) is 1. The first-order valence-corrected chi connectivity index (χ1v) is 10.3. The van der Waals surface area contributed by atoms with Gasteiger partial charge in [0.25, 0.3) is 0 Å². The van der Waals surface area contributed by atoms with E-state index in [2.05, 4.69) is 26.9 Å². The maximum Gasteiger partial charge on any atom is 0.320 e. The van der Waals surface area contributed by atoms with Gasteiger partial charge in [-0.2, -0.15) is 15.1 Å². The van der Waals surface area contributed by atoms with E-state index in [1.165, 1.54) is 12.8 Å². The lowest BCUT2D eigenvalue weighted by atomic mass is 10.1. The summed E-state index contributed by atoms with van der Waals surface area (Å²) in [5.74, 6) is 0.156. The monoisotopic (exact) mass is 398 g/mol. The molecule has 3 aromatic rings. The van der Waals surface area contributed by atoms with Gasteiger partial charge in [-0.05, 0) is 44.0 Å². The molecule has 0 unspecified atom stereocenters. The van der Waals surface area contributed by atoms with Crippen LogP contribution in [0.4, 0.5) is 10.2 Å². The molecule has 154 valence electrons. The molecule has 1 aromatic carbocycles. The van der Waals surface area contributed by atoms with Crippen LogP contribution in [0.3, 0.4) is 0 Å². The smallest absolute Gasteiger partial charge is 0.320 e. The third-order valence-electron chi connectivity index (χ3n) is 5.28. The Labute approximate surface area is 169 Å². The highest BCUT2D eigenvalue weighted by atomic mass is 19.1. The number of hydrogen-bond donors (Lipinski definition) is 1. The van der Waals surface area contributed by atoms with E-state index in [0.717, 1.165) is 37.1 Å². The summed E-state index contributed by atoms with van der Waals surface area (Å²) in [6.45, 7) is 5.79. The fourth-order valence-corrected chi connectivity index (χ4v) is 3.62. The first-order valence-electron chi connectivity index (χ1n) is 10.3. The van der Waals surface area contributed by atoms with Gasteiger partial charge in [0.2, 0.25) is 0 Å². The molecular weight excluding hydrogens is 371 g/mol. The number of hydrogen-bond acceptors (Lipinski definition) is 6. The third kappa shape index (κ3) is 4.48. The van der Waals surface area contributed by atoms with E-state index in [1.54, 1.807) is 16.9 Å². The van der Waals surface area contributed by atoms with Gasteiger partial charge in [0.1, 0.15) is 11.6 Å². The SMILES string of the molecule is CCCCOc1nc(N)c2cnn(Cc3ccc(CN4CCCC4)c(F)c3)c2n1. The minimum atomic E-state index is -0.177. The van der Waals surface area contributed by atoms with E-state index >= 15 is 0 Å². The molecule has 0 spiro atoms. The Kier molecular flexibility index (Phi) is 5.89. The molecule has 0 radical (unpaired) electrons. The number of nitrogens with zero attached hydrogens (tertiary/aromatic N) is 5. The molecule has 1 aliphatic heterocycles. The topological polar surface area (TPSA) is 82.1 Å². The number of fused-ring (bicyclic) bond motifs is 1. The van der Waals surface area contributed by atoms with Crippen molar-refractivity contribution < 1.29 is 9.13 Å². The molecule has 1 aliphatic rings. The Morgan fingerprint density at radius 1 is 1.17 bits per heavy atom. The van der Waals surface area contributed by atoms with Crippen LogP contribution in [-0.2, 0) is 13.1 Å². The van der Waals surface area contributed by atoms with Crippen molar-refractivity contribution in [2.75, 3.05) is 25.4 Å². The molecule has 1 saturated heterocycles. The molecule has 2 N–H and O–H groups in total. The lowest BCUT2D eigenvalue weighted by Crippen LogP contribution is -2.19. The predicted octanol–water partition coefficient (Wildman–Crippen LogP) is 3.37. The first-order chi connectivity index (χ1) is 14.1. The van der Waals surface area contributed by atoms with Crippen LogP contribution >= 0.6 is 0 Å². The zero-order valence-electron chi connectivity index (χ0n) is 16.8. The molecule has 29 heavy (non-hydrogen) atoms. The second-order valence-corrected chi connectivity index (χ2v) is 7.54. The number of anilines is 1. The molecule has 2 aromatic heterocycles. The van der Waals surface area contributed by atoms with Crippen LogP contribution in [0.1, 0.15) is 43.7 Å². The van der Waals surface area contributed by atoms with Crippen molar-refractivity contribution in [2.24, 2.45) is 0 Å². The van der Waals surface area contributed by atoms with Crippen molar-refractivity contribution in [3.63, 3.8) is 0 Å². The van der Waals surface area contributed by atoms with Crippen molar-refractivity contribution in [3.05, 3.63) is 41.3 Å². The maximum absolute atomic E-state index is 14.6. The minimum absolute atomic E-state index is 0.177. The number of halogens is 1. The van der Waals surface area contributed by atoms with E-state index in [0.29, 0.717) is 36.5 Å². The summed E-state index contributed by atoms with van der Waals surface area (Å²) in [7, 11) is 0. The highest BCUT2D eigenvalue weighted by Crippen LogP contribution is 2.22. The van der Waals surface area contributed by atoms with Gasteiger partial charge in [0.05, 0.1) is 24.7 Å². The summed E-state index contributed by atoms with van der Waals surface area (Å²) in [6, 6.07) is 5.65. The predicted molar refractivity (Wildman–Crippen MR) is 110 cm³/mol. The van der Waals surface area contributed by atoms with E-state index in [-0.39, 0.29) is 11.8 Å². The number of benzene rings is 1. The van der Waals surface area contributed by atoms with Crippen LogP contribution in [0.2, 0.25) is 0 Å². The average Bonchev–Trinajstić information content (AvgIpc) is 3.35. The Morgan fingerprint density at radius 2 is 2.00 bits per heavy atom. The molecule has 0 atom stereocenters. The standard InChI is InChI=1S/C21H27FN6O/c1-2-3-10-29-21-25-19(23)17-12-24-28(20(17)26-21)13-15-6-7-16(18(22)11-15)14-27-8-4-5-9-27/h6-7,11-12H,2-5,8-10,13-14H2,1H3,(H2,23,25,26). The molecule has 1 fully saturated rings. The Morgan fingerprint density at radius 3 is 2.76 bits per heavy atom. The third-order valence-corrected chi connectivity index (χ3v) is 5.28. The number of rotatable bonds is 8. The molecule has 0 aliphatic carbocycles. The van der Waals surface area contributed by atoms with Crippen molar-refractivity contribution >= 4 is 16.9 Å². The van der Waals surface area contributed by atoms with Gasteiger partial charge in [-0.3, -0.25) is 4.90 Å². The molecule has 3 heterocycles. The van der Waals surface area contributed by atoms with Gasteiger partial charge < -0.3 is 10.5 Å².